The van der Waals surface area contributed by atoms with Crippen molar-refractivity contribution in [2.24, 2.45) is 4.99 Å². The summed E-state index contributed by atoms with van der Waals surface area (Å²) < 4.78 is 0. The van der Waals surface area contributed by atoms with E-state index >= 15 is 0 Å². The Hall–Kier alpha value is -0.590. The largest absolute Gasteiger partial charge is 0.270 e. The summed E-state index contributed by atoms with van der Waals surface area (Å²) in [6.45, 7) is 3.99. The third kappa shape index (κ3) is 5.41. The van der Waals surface area contributed by atoms with Crippen LogP contribution in [0.2, 0.25) is 0 Å². The Labute approximate surface area is 44.8 Å². The lowest BCUT2D eigenvalue weighted by Gasteiger charge is -1.71. The van der Waals surface area contributed by atoms with Crippen molar-refractivity contribution in [1.82, 2.24) is 0 Å². The summed E-state index contributed by atoms with van der Waals surface area (Å²) in [5.41, 5.74) is 0. The Morgan fingerprint density at radius 3 is 2.71 bits per heavy atom. The zero-order chi connectivity index (χ0) is 5.54. The number of aliphatic imine (C=N–C) groups is 1. The summed E-state index contributed by atoms with van der Waals surface area (Å²) in [7, 11) is 0. The summed E-state index contributed by atoms with van der Waals surface area (Å²) >= 11 is 0. The Balaban J connectivity index is 3.09. The first-order chi connectivity index (χ1) is 3.41. The molecule has 0 aliphatic heterocycles. The van der Waals surface area contributed by atoms with E-state index in [1.54, 1.807) is 12.4 Å². The van der Waals surface area contributed by atoms with E-state index in [0.717, 1.165) is 6.42 Å². The minimum atomic E-state index is 1.07. The zero-order valence-electron chi connectivity index (χ0n) is 4.89. The van der Waals surface area contributed by atoms with Crippen LogP contribution in [-0.2, 0) is 0 Å². The van der Waals surface area contributed by atoms with Crippen LogP contribution in [0, 0.1) is 0 Å². The molecule has 0 fully saturated rings. The smallest absolute Gasteiger partial charge is 0.0223 e. The SMILES string of the molecule is CC=N/C=C\CC. The number of nitrogens with zero attached hydrogens (tertiary/aromatic N) is 1. The maximum atomic E-state index is 3.86. The molecule has 0 atom stereocenters. The Morgan fingerprint density at radius 1 is 1.57 bits per heavy atom. The van der Waals surface area contributed by atoms with Crippen molar-refractivity contribution in [2.45, 2.75) is 20.3 Å². The summed E-state index contributed by atoms with van der Waals surface area (Å²) in [5, 5.41) is 0. The lowest BCUT2D eigenvalue weighted by molar-refractivity contribution is 1.21. The van der Waals surface area contributed by atoms with Gasteiger partial charge >= 0.3 is 0 Å². The second-order valence-corrected chi connectivity index (χ2v) is 1.20. The van der Waals surface area contributed by atoms with Crippen molar-refractivity contribution >= 4 is 6.21 Å². The molecule has 0 aliphatic rings. The first-order valence-corrected chi connectivity index (χ1v) is 2.54. The molecule has 0 radical (unpaired) electrons. The number of hydrogen-bond donors (Lipinski definition) is 0. The van der Waals surface area contributed by atoms with Crippen molar-refractivity contribution in [1.29, 1.82) is 0 Å². The molecule has 0 rings (SSSR count). The molecule has 0 bridgehead atoms. The third-order valence-electron chi connectivity index (χ3n) is 0.576. The van der Waals surface area contributed by atoms with Crippen molar-refractivity contribution in [3.05, 3.63) is 12.3 Å². The van der Waals surface area contributed by atoms with Crippen LogP contribution < -0.4 is 0 Å². The highest BCUT2D eigenvalue weighted by Gasteiger charge is 1.58. The molecule has 0 N–H and O–H groups in total. The predicted octanol–water partition coefficient (Wildman–Crippen LogP) is 2.00. The maximum absolute atomic E-state index is 3.86. The lowest BCUT2D eigenvalue weighted by Crippen LogP contribution is -1.53. The van der Waals surface area contributed by atoms with E-state index in [2.05, 4.69) is 11.9 Å². The fraction of sp³-hybridized carbons (Fsp3) is 0.500. The van der Waals surface area contributed by atoms with Crippen LogP contribution in [0.5, 0.6) is 0 Å². The standard InChI is InChI=1S/C6H11N/c1-3-5-6-7-4-2/h4-6H,3H2,1-2H3/b6-5-,7-4?. The highest BCUT2D eigenvalue weighted by atomic mass is 14.6. The number of allylic oxidation sites excluding steroid dienone is 1. The van der Waals surface area contributed by atoms with Crippen LogP contribution >= 0.6 is 0 Å². The van der Waals surface area contributed by atoms with Crippen LogP contribution in [0.3, 0.4) is 0 Å². The molecule has 7 heavy (non-hydrogen) atoms. The Morgan fingerprint density at radius 2 is 2.29 bits per heavy atom. The van der Waals surface area contributed by atoms with Gasteiger partial charge in [-0.25, -0.2) is 0 Å². The van der Waals surface area contributed by atoms with Crippen molar-refractivity contribution in [3.8, 4) is 0 Å². The van der Waals surface area contributed by atoms with E-state index < -0.39 is 0 Å². The number of rotatable bonds is 2. The molecule has 0 aromatic rings. The van der Waals surface area contributed by atoms with Gasteiger partial charge in [-0.1, -0.05) is 13.0 Å². The molecule has 0 aromatic carbocycles. The Bertz CT molecular complexity index is 72.2. The first kappa shape index (κ1) is 6.41. The van der Waals surface area contributed by atoms with Gasteiger partial charge in [-0.3, -0.25) is 4.99 Å². The van der Waals surface area contributed by atoms with Crippen molar-refractivity contribution < 1.29 is 0 Å². The predicted molar refractivity (Wildman–Crippen MR) is 33.6 cm³/mol. The highest BCUT2D eigenvalue weighted by molar-refractivity contribution is 5.54. The van der Waals surface area contributed by atoms with Gasteiger partial charge in [-0.15, -0.1) is 0 Å². The molecule has 0 aliphatic carbocycles. The molecule has 0 amide bonds. The number of hydrogen-bond acceptors (Lipinski definition) is 1. The van der Waals surface area contributed by atoms with Gasteiger partial charge in [0.15, 0.2) is 0 Å². The van der Waals surface area contributed by atoms with Crippen molar-refractivity contribution in [2.75, 3.05) is 0 Å². The summed E-state index contributed by atoms with van der Waals surface area (Å²) in [4.78, 5) is 3.86. The normalized spacial score (nSPS) is 11.7. The van der Waals surface area contributed by atoms with Crippen LogP contribution in [0.4, 0.5) is 0 Å². The fourth-order valence-electron chi connectivity index (χ4n) is 0.252. The molecule has 0 saturated heterocycles. The minimum Gasteiger partial charge on any atom is -0.270 e. The quantitative estimate of drug-likeness (QED) is 0.467. The molecule has 0 heterocycles. The first-order valence-electron chi connectivity index (χ1n) is 2.54. The monoisotopic (exact) mass is 97.1 g/mol. The molecule has 0 aromatic heterocycles. The average molecular weight is 97.2 g/mol. The van der Waals surface area contributed by atoms with Crippen LogP contribution in [0.1, 0.15) is 20.3 Å². The van der Waals surface area contributed by atoms with Crippen LogP contribution in [-0.4, -0.2) is 6.21 Å². The molecular weight excluding hydrogens is 86.1 g/mol. The summed E-state index contributed by atoms with van der Waals surface area (Å²) in [6.07, 6.45) is 6.66. The van der Waals surface area contributed by atoms with Gasteiger partial charge in [-0.2, -0.15) is 0 Å². The lowest BCUT2D eigenvalue weighted by atomic mass is 10.5. The van der Waals surface area contributed by atoms with E-state index in [0.29, 0.717) is 0 Å². The molecule has 0 spiro atoms. The summed E-state index contributed by atoms with van der Waals surface area (Å²) in [5.74, 6) is 0. The molecule has 1 nitrogen and oxygen atoms in total. The summed E-state index contributed by atoms with van der Waals surface area (Å²) in [6, 6.07) is 0. The molecule has 1 heteroatoms. The van der Waals surface area contributed by atoms with Gasteiger partial charge in [0.2, 0.25) is 0 Å². The topological polar surface area (TPSA) is 12.4 Å². The fourth-order valence-corrected chi connectivity index (χ4v) is 0.252. The molecule has 0 unspecified atom stereocenters. The molecule has 40 valence electrons. The Kier molecular flexibility index (Phi) is 4.95. The highest BCUT2D eigenvalue weighted by Crippen LogP contribution is 1.77. The van der Waals surface area contributed by atoms with Gasteiger partial charge in [0.25, 0.3) is 0 Å². The van der Waals surface area contributed by atoms with Gasteiger partial charge in [0.1, 0.15) is 0 Å². The van der Waals surface area contributed by atoms with E-state index in [9.17, 15) is 0 Å². The molecule has 0 saturated carbocycles. The van der Waals surface area contributed by atoms with Crippen LogP contribution in [0.15, 0.2) is 17.3 Å². The van der Waals surface area contributed by atoms with E-state index in [1.165, 1.54) is 0 Å². The second-order valence-electron chi connectivity index (χ2n) is 1.20. The third-order valence-corrected chi connectivity index (χ3v) is 0.576. The van der Waals surface area contributed by atoms with Gasteiger partial charge in [0, 0.05) is 12.4 Å². The molecular formula is C6H11N. The van der Waals surface area contributed by atoms with E-state index in [4.69, 9.17) is 0 Å². The average Bonchev–Trinajstić information content (AvgIpc) is 1.69. The van der Waals surface area contributed by atoms with Crippen molar-refractivity contribution in [3.63, 3.8) is 0 Å². The van der Waals surface area contributed by atoms with Crippen LogP contribution in [0.25, 0.3) is 0 Å². The van der Waals surface area contributed by atoms with Gasteiger partial charge < -0.3 is 0 Å². The van der Waals surface area contributed by atoms with Gasteiger partial charge in [0.05, 0.1) is 0 Å². The van der Waals surface area contributed by atoms with Gasteiger partial charge in [-0.05, 0) is 13.3 Å². The van der Waals surface area contributed by atoms with E-state index in [-0.39, 0.29) is 0 Å². The maximum Gasteiger partial charge on any atom is 0.0223 e. The minimum absolute atomic E-state index is 1.07. The zero-order valence-corrected chi connectivity index (χ0v) is 4.89. The van der Waals surface area contributed by atoms with E-state index in [1.807, 2.05) is 13.0 Å². The second kappa shape index (κ2) is 5.41.